The molecule has 3 rings (SSSR count). The average Bonchev–Trinajstić information content (AvgIpc) is 2.63. The minimum Gasteiger partial charge on any atom is -0.497 e. The highest BCUT2D eigenvalue weighted by atomic mass is 16.5. The molecule has 0 aliphatic rings. The lowest BCUT2D eigenvalue weighted by atomic mass is 10.2. The van der Waals surface area contributed by atoms with Crippen LogP contribution in [-0.2, 0) is 13.1 Å². The second-order valence-corrected chi connectivity index (χ2v) is 5.70. The van der Waals surface area contributed by atoms with E-state index in [1.807, 2.05) is 54.6 Å². The first-order chi connectivity index (χ1) is 12.1. The quantitative estimate of drug-likeness (QED) is 0.768. The molecule has 0 fully saturated rings. The van der Waals surface area contributed by atoms with Crippen LogP contribution in [0, 0.1) is 0 Å². The normalized spacial score (nSPS) is 10.6. The topological polar surface area (TPSA) is 79.2 Å². The van der Waals surface area contributed by atoms with Gasteiger partial charge in [0.05, 0.1) is 20.2 Å². The van der Waals surface area contributed by atoms with Crippen molar-refractivity contribution in [3.05, 3.63) is 92.6 Å². The van der Waals surface area contributed by atoms with Crippen LogP contribution in [-0.4, -0.2) is 16.2 Å². The summed E-state index contributed by atoms with van der Waals surface area (Å²) in [6, 6.07) is 18.0. The number of benzene rings is 2. The Labute approximate surface area is 144 Å². The number of nitrogen functional groups attached to an aromatic ring is 1. The molecule has 6 nitrogen and oxygen atoms in total. The molecule has 25 heavy (non-hydrogen) atoms. The first-order valence-corrected chi connectivity index (χ1v) is 7.85. The van der Waals surface area contributed by atoms with Crippen molar-refractivity contribution in [2.75, 3.05) is 12.8 Å². The number of nitrogens with two attached hydrogens (primary N) is 1. The highest BCUT2D eigenvalue weighted by molar-refractivity contribution is 5.31. The van der Waals surface area contributed by atoms with Crippen LogP contribution in [0.5, 0.6) is 5.75 Å². The molecule has 128 valence electrons. The van der Waals surface area contributed by atoms with Gasteiger partial charge in [-0.3, -0.25) is 13.9 Å². The summed E-state index contributed by atoms with van der Waals surface area (Å²) in [4.78, 5) is 25.0. The van der Waals surface area contributed by atoms with Crippen LogP contribution in [0.15, 0.2) is 70.3 Å². The van der Waals surface area contributed by atoms with Crippen LogP contribution < -0.4 is 21.7 Å². The minimum absolute atomic E-state index is 0.148. The maximum absolute atomic E-state index is 12.8. The molecule has 1 aromatic heterocycles. The van der Waals surface area contributed by atoms with Crippen LogP contribution in [0.3, 0.4) is 0 Å². The molecule has 0 atom stereocenters. The number of hydrogen-bond donors (Lipinski definition) is 1. The molecule has 6 heteroatoms. The summed E-state index contributed by atoms with van der Waals surface area (Å²) in [6.07, 6.45) is 0. The van der Waals surface area contributed by atoms with Gasteiger partial charge in [0, 0.05) is 6.07 Å². The van der Waals surface area contributed by atoms with Crippen molar-refractivity contribution in [1.82, 2.24) is 9.13 Å². The Kier molecular flexibility index (Phi) is 4.70. The van der Waals surface area contributed by atoms with Crippen molar-refractivity contribution in [1.29, 1.82) is 0 Å². The Morgan fingerprint density at radius 2 is 1.48 bits per heavy atom. The smallest absolute Gasteiger partial charge is 0.333 e. The number of aromatic nitrogens is 2. The number of hydrogen-bond acceptors (Lipinski definition) is 4. The van der Waals surface area contributed by atoms with Crippen molar-refractivity contribution in [2.24, 2.45) is 0 Å². The molecule has 0 saturated carbocycles. The van der Waals surface area contributed by atoms with Crippen molar-refractivity contribution in [3.63, 3.8) is 0 Å². The lowest BCUT2D eigenvalue weighted by Crippen LogP contribution is -2.40. The molecule has 0 aliphatic carbocycles. The molecular weight excluding hydrogens is 318 g/mol. The van der Waals surface area contributed by atoms with Gasteiger partial charge < -0.3 is 10.5 Å². The summed E-state index contributed by atoms with van der Waals surface area (Å²) in [7, 11) is 1.59. The van der Waals surface area contributed by atoms with Gasteiger partial charge in [0.1, 0.15) is 11.6 Å². The van der Waals surface area contributed by atoms with Crippen LogP contribution in [0.1, 0.15) is 11.1 Å². The predicted octanol–water partition coefficient (Wildman–Crippen LogP) is 1.70. The molecule has 1 heterocycles. The molecule has 0 radical (unpaired) electrons. The number of rotatable bonds is 5. The summed E-state index contributed by atoms with van der Waals surface area (Å²) >= 11 is 0. The van der Waals surface area contributed by atoms with Gasteiger partial charge in [-0.05, 0) is 23.3 Å². The van der Waals surface area contributed by atoms with E-state index >= 15 is 0 Å². The predicted molar refractivity (Wildman–Crippen MR) is 97.0 cm³/mol. The fourth-order valence-corrected chi connectivity index (χ4v) is 2.62. The van der Waals surface area contributed by atoms with Crippen molar-refractivity contribution < 1.29 is 4.74 Å². The van der Waals surface area contributed by atoms with Gasteiger partial charge in [-0.15, -0.1) is 0 Å². The summed E-state index contributed by atoms with van der Waals surface area (Å²) in [5.41, 5.74) is 6.85. The zero-order chi connectivity index (χ0) is 17.8. The maximum atomic E-state index is 12.8. The SMILES string of the molecule is COc1ccc(Cn2c(N)cc(=O)n(Cc3ccccc3)c2=O)cc1. The van der Waals surface area contributed by atoms with Gasteiger partial charge in [-0.25, -0.2) is 4.79 Å². The van der Waals surface area contributed by atoms with Crippen LogP contribution in [0.4, 0.5) is 5.82 Å². The molecule has 2 aromatic carbocycles. The van der Waals surface area contributed by atoms with E-state index in [2.05, 4.69) is 0 Å². The summed E-state index contributed by atoms with van der Waals surface area (Å²) in [6.45, 7) is 0.491. The molecule has 0 unspecified atom stereocenters. The molecular formula is C19H19N3O3. The maximum Gasteiger partial charge on any atom is 0.333 e. The molecule has 0 spiro atoms. The lowest BCUT2D eigenvalue weighted by molar-refractivity contribution is 0.414. The molecule has 0 amide bonds. The van der Waals surface area contributed by atoms with E-state index in [4.69, 9.17) is 10.5 Å². The first-order valence-electron chi connectivity index (χ1n) is 7.85. The van der Waals surface area contributed by atoms with Gasteiger partial charge in [0.2, 0.25) is 0 Å². The van der Waals surface area contributed by atoms with Gasteiger partial charge in [0.25, 0.3) is 5.56 Å². The second-order valence-electron chi connectivity index (χ2n) is 5.70. The van der Waals surface area contributed by atoms with Gasteiger partial charge in [-0.2, -0.15) is 0 Å². The highest BCUT2D eigenvalue weighted by Crippen LogP contribution is 2.12. The van der Waals surface area contributed by atoms with Crippen molar-refractivity contribution in [2.45, 2.75) is 13.1 Å². The molecule has 0 saturated heterocycles. The van der Waals surface area contributed by atoms with E-state index in [9.17, 15) is 9.59 Å². The Morgan fingerprint density at radius 1 is 0.880 bits per heavy atom. The minimum atomic E-state index is -0.426. The molecule has 2 N–H and O–H groups in total. The largest absolute Gasteiger partial charge is 0.497 e. The van der Waals surface area contributed by atoms with E-state index in [1.165, 1.54) is 15.2 Å². The first kappa shape index (κ1) is 16.6. The monoisotopic (exact) mass is 337 g/mol. The van der Waals surface area contributed by atoms with E-state index in [1.54, 1.807) is 7.11 Å². The Bertz CT molecular complexity index is 974. The van der Waals surface area contributed by atoms with Crippen molar-refractivity contribution >= 4 is 5.82 Å². The third kappa shape index (κ3) is 3.63. The van der Waals surface area contributed by atoms with Gasteiger partial charge >= 0.3 is 5.69 Å². The molecule has 0 bridgehead atoms. The van der Waals surface area contributed by atoms with Crippen molar-refractivity contribution in [3.8, 4) is 5.75 Å². The Balaban J connectivity index is 1.97. The summed E-state index contributed by atoms with van der Waals surface area (Å²) in [5.74, 6) is 0.883. The average molecular weight is 337 g/mol. The summed E-state index contributed by atoms with van der Waals surface area (Å²) in [5, 5.41) is 0. The highest BCUT2D eigenvalue weighted by Gasteiger charge is 2.10. The van der Waals surface area contributed by atoms with Gasteiger partial charge in [-0.1, -0.05) is 42.5 Å². The van der Waals surface area contributed by atoms with E-state index in [0.717, 1.165) is 16.9 Å². The van der Waals surface area contributed by atoms with Crippen LogP contribution in [0.2, 0.25) is 0 Å². The standard InChI is InChI=1S/C19H19N3O3/c1-25-16-9-7-15(8-10-16)12-21-17(20)11-18(23)22(19(21)24)13-14-5-3-2-4-6-14/h2-11H,12-13,20H2,1H3. The van der Waals surface area contributed by atoms with E-state index in [-0.39, 0.29) is 18.9 Å². The van der Waals surface area contributed by atoms with E-state index < -0.39 is 11.2 Å². The molecule has 0 aliphatic heterocycles. The third-order valence-corrected chi connectivity index (χ3v) is 3.99. The Hall–Kier alpha value is -3.28. The second kappa shape index (κ2) is 7.09. The molecule has 3 aromatic rings. The summed E-state index contributed by atoms with van der Waals surface area (Å²) < 4.78 is 7.71. The Morgan fingerprint density at radius 3 is 2.12 bits per heavy atom. The third-order valence-electron chi connectivity index (χ3n) is 3.99. The number of ether oxygens (including phenoxy) is 1. The zero-order valence-electron chi connectivity index (χ0n) is 13.9. The number of methoxy groups -OCH3 is 1. The fraction of sp³-hybridized carbons (Fsp3) is 0.158. The zero-order valence-corrected chi connectivity index (χ0v) is 13.9. The fourth-order valence-electron chi connectivity index (χ4n) is 2.62. The lowest BCUT2D eigenvalue weighted by Gasteiger charge is -2.13. The van der Waals surface area contributed by atoms with Crippen LogP contribution in [0.25, 0.3) is 0 Å². The number of anilines is 1. The van der Waals surface area contributed by atoms with Gasteiger partial charge in [0.15, 0.2) is 0 Å². The number of nitrogens with zero attached hydrogens (tertiary/aromatic N) is 2. The van der Waals surface area contributed by atoms with Crippen LogP contribution >= 0.6 is 0 Å². The van der Waals surface area contributed by atoms with E-state index in [0.29, 0.717) is 0 Å².